The maximum Gasteiger partial charge on any atom is 0.0879 e. The van der Waals surface area contributed by atoms with E-state index < -0.39 is 0 Å². The van der Waals surface area contributed by atoms with Crippen molar-refractivity contribution in [2.75, 3.05) is 13.7 Å². The number of ether oxygens (including phenoxy) is 1. The van der Waals surface area contributed by atoms with E-state index in [9.17, 15) is 0 Å². The van der Waals surface area contributed by atoms with Gasteiger partial charge in [-0.05, 0) is 44.4 Å². The fraction of sp³-hybridized carbons (Fsp3) is 0.647. The zero-order chi connectivity index (χ0) is 15.5. The van der Waals surface area contributed by atoms with Crippen LogP contribution in [0.4, 0.5) is 0 Å². The molecule has 21 heavy (non-hydrogen) atoms. The topological polar surface area (TPSA) is 21.3 Å². The lowest BCUT2D eigenvalue weighted by Crippen LogP contribution is -2.48. The van der Waals surface area contributed by atoms with Gasteiger partial charge in [0.2, 0.25) is 0 Å². The first-order valence-electron chi connectivity index (χ1n) is 7.79. The number of nitrogens with one attached hydrogen (secondary N) is 1. The molecule has 1 N–H and O–H groups in total. The van der Waals surface area contributed by atoms with Crippen molar-refractivity contribution >= 4 is 23.2 Å². The minimum absolute atomic E-state index is 0.0615. The molecule has 0 heterocycles. The molecule has 2 nitrogen and oxygen atoms in total. The molecule has 1 fully saturated rings. The highest BCUT2D eigenvalue weighted by molar-refractivity contribution is 6.42. The smallest absolute Gasteiger partial charge is 0.0879 e. The van der Waals surface area contributed by atoms with Gasteiger partial charge < -0.3 is 10.1 Å². The second kappa shape index (κ2) is 7.32. The van der Waals surface area contributed by atoms with E-state index in [2.05, 4.69) is 25.2 Å². The van der Waals surface area contributed by atoms with Gasteiger partial charge in [0.25, 0.3) is 0 Å². The van der Waals surface area contributed by atoms with Gasteiger partial charge in [0, 0.05) is 6.61 Å². The Hall–Kier alpha value is -0.280. The van der Waals surface area contributed by atoms with E-state index in [1.54, 1.807) is 0 Å². The van der Waals surface area contributed by atoms with Crippen molar-refractivity contribution in [2.45, 2.75) is 51.2 Å². The van der Waals surface area contributed by atoms with Crippen molar-refractivity contribution in [3.05, 3.63) is 33.8 Å². The first-order valence-corrected chi connectivity index (χ1v) is 8.54. The summed E-state index contributed by atoms with van der Waals surface area (Å²) in [5.74, 6) is 0.666. The van der Waals surface area contributed by atoms with Crippen molar-refractivity contribution < 1.29 is 4.74 Å². The molecule has 1 aliphatic carbocycles. The van der Waals surface area contributed by atoms with Crippen molar-refractivity contribution in [2.24, 2.45) is 5.92 Å². The minimum Gasteiger partial charge on any atom is -0.373 e. The molecule has 0 radical (unpaired) electrons. The highest BCUT2D eigenvalue weighted by atomic mass is 35.5. The minimum atomic E-state index is -0.199. The number of halogens is 2. The van der Waals surface area contributed by atoms with E-state index in [1.807, 2.05) is 19.2 Å². The van der Waals surface area contributed by atoms with Crippen LogP contribution >= 0.6 is 23.2 Å². The van der Waals surface area contributed by atoms with Crippen LogP contribution in [0, 0.1) is 5.92 Å². The third kappa shape index (κ3) is 3.56. The Morgan fingerprint density at radius 1 is 1.43 bits per heavy atom. The lowest BCUT2D eigenvalue weighted by Gasteiger charge is -2.45. The molecule has 0 aromatic heterocycles. The molecule has 4 heteroatoms. The normalized spacial score (nSPS) is 27.6. The van der Waals surface area contributed by atoms with Crippen LogP contribution < -0.4 is 5.32 Å². The van der Waals surface area contributed by atoms with E-state index >= 15 is 0 Å². The monoisotopic (exact) mass is 329 g/mol. The van der Waals surface area contributed by atoms with Crippen LogP contribution in [-0.4, -0.2) is 19.3 Å². The Balaban J connectivity index is 2.42. The first kappa shape index (κ1) is 17.1. The predicted octanol–water partition coefficient (Wildman–Crippen LogP) is 5.24. The summed E-state index contributed by atoms with van der Waals surface area (Å²) in [6.07, 6.45) is 4.57. The van der Waals surface area contributed by atoms with E-state index in [-0.39, 0.29) is 11.6 Å². The van der Waals surface area contributed by atoms with Gasteiger partial charge in [-0.3, -0.25) is 0 Å². The number of benzene rings is 1. The molecule has 118 valence electrons. The van der Waals surface area contributed by atoms with E-state index in [1.165, 1.54) is 12.8 Å². The van der Waals surface area contributed by atoms with Crippen LogP contribution in [0.1, 0.15) is 51.1 Å². The predicted molar refractivity (Wildman–Crippen MR) is 90.3 cm³/mol. The highest BCUT2D eigenvalue weighted by Gasteiger charge is 2.43. The summed E-state index contributed by atoms with van der Waals surface area (Å²) in [4.78, 5) is 0. The van der Waals surface area contributed by atoms with Crippen molar-refractivity contribution in [1.82, 2.24) is 5.32 Å². The average molecular weight is 330 g/mol. The van der Waals surface area contributed by atoms with E-state index in [0.29, 0.717) is 22.6 Å². The Labute approximate surface area is 138 Å². The summed E-state index contributed by atoms with van der Waals surface area (Å²) < 4.78 is 6.28. The Bertz CT molecular complexity index is 476. The number of hydrogen-bond acceptors (Lipinski definition) is 2. The number of hydrogen-bond donors (Lipinski definition) is 1. The van der Waals surface area contributed by atoms with Crippen molar-refractivity contribution in [3.63, 3.8) is 0 Å². The SMILES string of the molecule is CCOC1(C(NC)c2cccc(Cl)c2Cl)CCCC(C)C1. The zero-order valence-electron chi connectivity index (χ0n) is 13.1. The molecule has 1 aromatic rings. The molecular weight excluding hydrogens is 305 g/mol. The van der Waals surface area contributed by atoms with E-state index in [0.717, 1.165) is 18.4 Å². The summed E-state index contributed by atoms with van der Waals surface area (Å²) in [7, 11) is 1.97. The van der Waals surface area contributed by atoms with Crippen LogP contribution in [0.25, 0.3) is 0 Å². The molecule has 1 saturated carbocycles. The summed E-state index contributed by atoms with van der Waals surface area (Å²) in [6.45, 7) is 5.08. The first-order chi connectivity index (χ1) is 10.0. The molecule has 2 rings (SSSR count). The van der Waals surface area contributed by atoms with Crippen LogP contribution in [0.15, 0.2) is 18.2 Å². The van der Waals surface area contributed by atoms with Gasteiger partial charge in [0.1, 0.15) is 0 Å². The summed E-state index contributed by atoms with van der Waals surface area (Å²) in [5.41, 5.74) is 0.837. The Morgan fingerprint density at radius 2 is 2.19 bits per heavy atom. The Morgan fingerprint density at radius 3 is 2.81 bits per heavy atom. The lowest BCUT2D eigenvalue weighted by molar-refractivity contribution is -0.100. The highest BCUT2D eigenvalue weighted by Crippen LogP contribution is 2.45. The average Bonchev–Trinajstić information content (AvgIpc) is 2.44. The number of likely N-dealkylation sites (N-methyl/N-ethyl adjacent to an activating group) is 1. The van der Waals surface area contributed by atoms with Gasteiger partial charge >= 0.3 is 0 Å². The van der Waals surface area contributed by atoms with Gasteiger partial charge in [-0.1, -0.05) is 55.1 Å². The van der Waals surface area contributed by atoms with E-state index in [4.69, 9.17) is 27.9 Å². The molecule has 1 aliphatic rings. The standard InChI is InChI=1S/C17H25Cl2NO/c1-4-21-17(10-6-7-12(2)11-17)16(20-3)13-8-5-9-14(18)15(13)19/h5,8-9,12,16,20H,4,6-7,10-11H2,1-3H3. The Kier molecular flexibility index (Phi) is 5.96. The van der Waals surface area contributed by atoms with Gasteiger partial charge in [-0.15, -0.1) is 0 Å². The third-order valence-electron chi connectivity index (χ3n) is 4.53. The molecule has 0 amide bonds. The van der Waals surface area contributed by atoms with Crippen LogP contribution in [0.2, 0.25) is 10.0 Å². The van der Waals surface area contributed by atoms with Gasteiger partial charge in [-0.2, -0.15) is 0 Å². The quantitative estimate of drug-likeness (QED) is 0.797. The van der Waals surface area contributed by atoms with Crippen LogP contribution in [0.3, 0.4) is 0 Å². The van der Waals surface area contributed by atoms with Gasteiger partial charge in [0.05, 0.1) is 21.7 Å². The summed E-state index contributed by atoms with van der Waals surface area (Å²) >= 11 is 12.7. The van der Waals surface area contributed by atoms with Crippen molar-refractivity contribution in [1.29, 1.82) is 0 Å². The zero-order valence-corrected chi connectivity index (χ0v) is 14.6. The van der Waals surface area contributed by atoms with Crippen LogP contribution in [-0.2, 0) is 4.74 Å². The largest absolute Gasteiger partial charge is 0.373 e. The fourth-order valence-corrected chi connectivity index (χ4v) is 4.17. The fourth-order valence-electron chi connectivity index (χ4n) is 3.75. The maximum absolute atomic E-state index is 6.46. The second-order valence-electron chi connectivity index (χ2n) is 6.06. The third-order valence-corrected chi connectivity index (χ3v) is 5.36. The lowest BCUT2D eigenvalue weighted by atomic mass is 9.72. The van der Waals surface area contributed by atoms with Gasteiger partial charge in [0.15, 0.2) is 0 Å². The molecule has 1 aromatic carbocycles. The summed E-state index contributed by atoms with van der Waals surface area (Å²) in [6, 6.07) is 5.90. The number of rotatable bonds is 5. The van der Waals surface area contributed by atoms with Gasteiger partial charge in [-0.25, -0.2) is 0 Å². The second-order valence-corrected chi connectivity index (χ2v) is 6.85. The molecular formula is C17H25Cl2NO. The molecule has 0 aliphatic heterocycles. The molecule has 3 atom stereocenters. The molecule has 0 spiro atoms. The molecule has 0 bridgehead atoms. The van der Waals surface area contributed by atoms with Crippen LogP contribution in [0.5, 0.6) is 0 Å². The van der Waals surface area contributed by atoms with Crippen molar-refractivity contribution in [3.8, 4) is 0 Å². The molecule has 0 saturated heterocycles. The molecule has 3 unspecified atom stereocenters. The maximum atomic E-state index is 6.46. The summed E-state index contributed by atoms with van der Waals surface area (Å²) in [5, 5.41) is 4.67.